The minimum absolute atomic E-state index is 0. The fourth-order valence-corrected chi connectivity index (χ4v) is 3.10. The quantitative estimate of drug-likeness (QED) is 0.730. The maximum atomic E-state index is 12.3. The largest absolute Gasteiger partial charge is 0.381 e. The van der Waals surface area contributed by atoms with Crippen LogP contribution in [-0.4, -0.2) is 44.9 Å². The Balaban J connectivity index is 0.00000220. The third-order valence-electron chi connectivity index (χ3n) is 4.62. The molecule has 0 radical (unpaired) electrons. The van der Waals surface area contributed by atoms with Crippen LogP contribution in [0.3, 0.4) is 0 Å². The van der Waals surface area contributed by atoms with E-state index in [0.717, 1.165) is 25.7 Å². The Labute approximate surface area is 133 Å². The van der Waals surface area contributed by atoms with Gasteiger partial charge in [0.1, 0.15) is 0 Å². The number of ether oxygens (including phenoxy) is 2. The number of amides is 1. The molecule has 1 amide bonds. The lowest BCUT2D eigenvalue weighted by atomic mass is 9.79. The number of carbonyl (C=O) groups is 1. The van der Waals surface area contributed by atoms with E-state index in [4.69, 9.17) is 15.2 Å². The predicted octanol–water partition coefficient (Wildman–Crippen LogP) is 1.63. The first-order valence-electron chi connectivity index (χ1n) is 7.94. The van der Waals surface area contributed by atoms with Crippen LogP contribution in [0.5, 0.6) is 0 Å². The van der Waals surface area contributed by atoms with E-state index in [9.17, 15) is 4.79 Å². The van der Waals surface area contributed by atoms with E-state index >= 15 is 0 Å². The van der Waals surface area contributed by atoms with Gasteiger partial charge in [0.15, 0.2) is 0 Å². The van der Waals surface area contributed by atoms with Gasteiger partial charge in [0, 0.05) is 26.3 Å². The van der Waals surface area contributed by atoms with Crippen LogP contribution < -0.4 is 11.1 Å². The van der Waals surface area contributed by atoms with Crippen molar-refractivity contribution in [2.24, 2.45) is 11.1 Å². The Hall–Kier alpha value is -0.360. The summed E-state index contributed by atoms with van der Waals surface area (Å²) in [7, 11) is 0. The molecule has 2 fully saturated rings. The minimum atomic E-state index is -0.427. The van der Waals surface area contributed by atoms with E-state index in [1.54, 1.807) is 0 Å². The summed E-state index contributed by atoms with van der Waals surface area (Å²) >= 11 is 0. The van der Waals surface area contributed by atoms with E-state index in [2.05, 4.69) is 5.32 Å². The van der Waals surface area contributed by atoms with Gasteiger partial charge in [0.25, 0.3) is 0 Å². The molecule has 124 valence electrons. The van der Waals surface area contributed by atoms with Crippen molar-refractivity contribution in [1.29, 1.82) is 0 Å². The van der Waals surface area contributed by atoms with Crippen molar-refractivity contribution in [3.8, 4) is 0 Å². The van der Waals surface area contributed by atoms with Gasteiger partial charge in [-0.2, -0.15) is 0 Å². The monoisotopic (exact) mass is 320 g/mol. The summed E-state index contributed by atoms with van der Waals surface area (Å²) < 4.78 is 11.1. The highest BCUT2D eigenvalue weighted by molar-refractivity contribution is 5.85. The molecule has 5 nitrogen and oxygen atoms in total. The van der Waals surface area contributed by atoms with Crippen LogP contribution in [0.4, 0.5) is 0 Å². The Morgan fingerprint density at radius 3 is 2.52 bits per heavy atom. The zero-order valence-electron chi connectivity index (χ0n) is 12.8. The highest BCUT2D eigenvalue weighted by Gasteiger charge is 2.38. The topological polar surface area (TPSA) is 73.6 Å². The summed E-state index contributed by atoms with van der Waals surface area (Å²) in [6.07, 6.45) is 8.04. The zero-order valence-corrected chi connectivity index (χ0v) is 13.6. The molecule has 3 N–H and O–H groups in total. The summed E-state index contributed by atoms with van der Waals surface area (Å²) in [4.78, 5) is 12.3. The van der Waals surface area contributed by atoms with Crippen molar-refractivity contribution in [3.05, 3.63) is 0 Å². The summed E-state index contributed by atoms with van der Waals surface area (Å²) in [5, 5.41) is 2.98. The van der Waals surface area contributed by atoms with E-state index in [1.807, 2.05) is 0 Å². The molecule has 21 heavy (non-hydrogen) atoms. The first-order chi connectivity index (χ1) is 9.77. The van der Waals surface area contributed by atoms with Crippen LogP contribution in [0.15, 0.2) is 0 Å². The van der Waals surface area contributed by atoms with Gasteiger partial charge < -0.3 is 20.5 Å². The fourth-order valence-electron chi connectivity index (χ4n) is 3.10. The van der Waals surface area contributed by atoms with Crippen LogP contribution in [0.1, 0.15) is 44.9 Å². The number of hydrogen-bond donors (Lipinski definition) is 2. The third-order valence-corrected chi connectivity index (χ3v) is 4.62. The second-order valence-corrected chi connectivity index (χ2v) is 5.98. The molecule has 0 aromatic heterocycles. The van der Waals surface area contributed by atoms with Gasteiger partial charge in [-0.25, -0.2) is 0 Å². The van der Waals surface area contributed by atoms with Gasteiger partial charge >= 0.3 is 0 Å². The Bertz CT molecular complexity index is 303. The number of carbonyl (C=O) groups excluding carboxylic acids is 1. The SMILES string of the molecule is Cl.NCC1(C(=O)NCCOC2CCCCC2)CCOCC1. The van der Waals surface area contributed by atoms with Crippen molar-refractivity contribution >= 4 is 18.3 Å². The number of rotatable bonds is 6. The molecule has 1 heterocycles. The van der Waals surface area contributed by atoms with Gasteiger partial charge in [0.2, 0.25) is 5.91 Å². The van der Waals surface area contributed by atoms with Gasteiger partial charge in [-0.1, -0.05) is 19.3 Å². The van der Waals surface area contributed by atoms with Gasteiger partial charge in [-0.3, -0.25) is 4.79 Å². The second kappa shape index (κ2) is 9.62. The van der Waals surface area contributed by atoms with Crippen molar-refractivity contribution in [3.63, 3.8) is 0 Å². The van der Waals surface area contributed by atoms with Crippen molar-refractivity contribution in [2.75, 3.05) is 32.9 Å². The average molecular weight is 321 g/mol. The van der Waals surface area contributed by atoms with Crippen LogP contribution in [0.25, 0.3) is 0 Å². The first kappa shape index (κ1) is 18.7. The van der Waals surface area contributed by atoms with Crippen molar-refractivity contribution in [1.82, 2.24) is 5.32 Å². The maximum Gasteiger partial charge on any atom is 0.227 e. The standard InChI is InChI=1S/C15H28N2O3.ClH/c16-12-15(6-9-19-10-7-15)14(18)17-8-11-20-13-4-2-1-3-5-13;/h13H,1-12,16H2,(H,17,18);1H. The molecule has 0 atom stereocenters. The average Bonchev–Trinajstić information content (AvgIpc) is 2.53. The summed E-state index contributed by atoms with van der Waals surface area (Å²) in [5.74, 6) is 0.0653. The molecule has 0 spiro atoms. The molecule has 1 saturated carbocycles. The molecule has 2 aliphatic rings. The molecule has 0 aromatic carbocycles. The van der Waals surface area contributed by atoms with E-state index in [0.29, 0.717) is 39.0 Å². The normalized spacial score (nSPS) is 22.3. The van der Waals surface area contributed by atoms with E-state index < -0.39 is 5.41 Å². The summed E-state index contributed by atoms with van der Waals surface area (Å²) in [6.45, 7) is 2.84. The highest BCUT2D eigenvalue weighted by atomic mass is 35.5. The smallest absolute Gasteiger partial charge is 0.227 e. The zero-order chi connectivity index (χ0) is 14.3. The van der Waals surface area contributed by atoms with Crippen LogP contribution in [-0.2, 0) is 14.3 Å². The Morgan fingerprint density at radius 2 is 1.90 bits per heavy atom. The van der Waals surface area contributed by atoms with Crippen molar-refractivity contribution < 1.29 is 14.3 Å². The number of nitrogens with one attached hydrogen (secondary N) is 1. The number of halogens is 1. The molecular weight excluding hydrogens is 292 g/mol. The van der Waals surface area contributed by atoms with Gasteiger partial charge in [0.05, 0.1) is 18.1 Å². The molecule has 0 aromatic rings. The predicted molar refractivity (Wildman–Crippen MR) is 84.6 cm³/mol. The second-order valence-electron chi connectivity index (χ2n) is 5.98. The molecule has 6 heteroatoms. The Morgan fingerprint density at radius 1 is 1.24 bits per heavy atom. The number of hydrogen-bond acceptors (Lipinski definition) is 4. The fraction of sp³-hybridized carbons (Fsp3) is 0.933. The first-order valence-corrected chi connectivity index (χ1v) is 7.94. The minimum Gasteiger partial charge on any atom is -0.381 e. The van der Waals surface area contributed by atoms with Gasteiger partial charge in [-0.05, 0) is 25.7 Å². The van der Waals surface area contributed by atoms with Crippen LogP contribution in [0, 0.1) is 5.41 Å². The Kier molecular flexibility index (Phi) is 8.56. The van der Waals surface area contributed by atoms with Crippen molar-refractivity contribution in [2.45, 2.75) is 51.0 Å². The summed E-state index contributed by atoms with van der Waals surface area (Å²) in [6, 6.07) is 0. The molecule has 1 saturated heterocycles. The molecule has 1 aliphatic carbocycles. The molecule has 0 bridgehead atoms. The number of nitrogens with two attached hydrogens (primary N) is 1. The van der Waals surface area contributed by atoms with E-state index in [1.165, 1.54) is 19.3 Å². The third kappa shape index (κ3) is 5.40. The highest BCUT2D eigenvalue weighted by Crippen LogP contribution is 2.29. The van der Waals surface area contributed by atoms with Crippen LogP contribution >= 0.6 is 12.4 Å². The molecule has 2 rings (SSSR count). The summed E-state index contributed by atoms with van der Waals surface area (Å²) in [5.41, 5.74) is 5.39. The maximum absolute atomic E-state index is 12.3. The molecule has 1 aliphatic heterocycles. The lowest BCUT2D eigenvalue weighted by Crippen LogP contribution is -2.49. The lowest BCUT2D eigenvalue weighted by molar-refractivity contribution is -0.136. The van der Waals surface area contributed by atoms with E-state index in [-0.39, 0.29) is 18.3 Å². The van der Waals surface area contributed by atoms with Crippen LogP contribution in [0.2, 0.25) is 0 Å². The lowest BCUT2D eigenvalue weighted by Gasteiger charge is -2.34. The molecular formula is C15H29ClN2O3. The van der Waals surface area contributed by atoms with Gasteiger partial charge in [-0.15, -0.1) is 12.4 Å². The molecule has 0 unspecified atom stereocenters.